The maximum absolute atomic E-state index is 10.8. The van der Waals surface area contributed by atoms with Gasteiger partial charge in [0.1, 0.15) is 0 Å². The van der Waals surface area contributed by atoms with Gasteiger partial charge in [-0.3, -0.25) is 10.2 Å². The average molecular weight is 233 g/mol. The van der Waals surface area contributed by atoms with Crippen LogP contribution in [0.25, 0.3) is 0 Å². The van der Waals surface area contributed by atoms with Crippen LogP contribution in [0.2, 0.25) is 0 Å². The van der Waals surface area contributed by atoms with Crippen molar-refractivity contribution in [1.29, 1.82) is 0 Å². The summed E-state index contributed by atoms with van der Waals surface area (Å²) in [5.41, 5.74) is 7.76. The van der Waals surface area contributed by atoms with Gasteiger partial charge in [-0.1, -0.05) is 6.42 Å². The molecule has 0 saturated carbocycles. The molecule has 90 valence electrons. The summed E-state index contributed by atoms with van der Waals surface area (Å²) in [6, 6.07) is 0.311. The summed E-state index contributed by atoms with van der Waals surface area (Å²) in [4.78, 5) is 10.8. The largest absolute Gasteiger partial charge is 0.328 e. The number of thioether (sulfide) groups is 1. The van der Waals surface area contributed by atoms with E-state index in [1.165, 1.54) is 6.42 Å². The zero-order valence-electron chi connectivity index (χ0n) is 9.50. The van der Waals surface area contributed by atoms with Crippen LogP contribution in [0, 0.1) is 0 Å². The van der Waals surface area contributed by atoms with E-state index in [1.54, 1.807) is 0 Å². The Morgan fingerprint density at radius 3 is 2.67 bits per heavy atom. The van der Waals surface area contributed by atoms with Crippen molar-refractivity contribution in [2.24, 2.45) is 11.6 Å². The molecule has 0 aliphatic carbocycles. The molecule has 5 heteroatoms. The van der Waals surface area contributed by atoms with Crippen molar-refractivity contribution in [1.82, 2.24) is 5.43 Å². The molecule has 0 bridgehead atoms. The molecular weight excluding hydrogens is 210 g/mol. The first-order valence-electron chi connectivity index (χ1n) is 5.49. The molecule has 0 aromatic heterocycles. The fourth-order valence-corrected chi connectivity index (χ4v) is 2.26. The first-order chi connectivity index (χ1) is 7.16. The van der Waals surface area contributed by atoms with Gasteiger partial charge in [0.15, 0.2) is 0 Å². The summed E-state index contributed by atoms with van der Waals surface area (Å²) in [7, 11) is 0. The van der Waals surface area contributed by atoms with E-state index in [9.17, 15) is 4.79 Å². The number of rotatable bonds is 9. The average Bonchev–Trinajstić information content (AvgIpc) is 2.21. The highest BCUT2D eigenvalue weighted by Crippen LogP contribution is 2.09. The molecule has 0 fully saturated rings. The molecule has 1 amide bonds. The minimum absolute atomic E-state index is 0.0698. The van der Waals surface area contributed by atoms with E-state index in [2.05, 4.69) is 5.43 Å². The van der Waals surface area contributed by atoms with Crippen LogP contribution in [0.4, 0.5) is 0 Å². The van der Waals surface area contributed by atoms with Crippen molar-refractivity contribution in [2.45, 2.75) is 45.1 Å². The van der Waals surface area contributed by atoms with Crippen molar-refractivity contribution in [3.05, 3.63) is 0 Å². The number of carbonyl (C=O) groups excluding carboxylic acids is 1. The number of amides is 1. The molecule has 0 aliphatic heterocycles. The van der Waals surface area contributed by atoms with Gasteiger partial charge in [-0.2, -0.15) is 11.8 Å². The van der Waals surface area contributed by atoms with Gasteiger partial charge in [-0.05, 0) is 37.7 Å². The van der Waals surface area contributed by atoms with E-state index in [-0.39, 0.29) is 5.91 Å². The van der Waals surface area contributed by atoms with Gasteiger partial charge in [0.05, 0.1) is 0 Å². The Morgan fingerprint density at radius 2 is 2.07 bits per heavy atom. The standard InChI is InChI=1S/C10H23N3OS/c1-9(11)6-8-15-7-4-2-3-5-10(14)13-12/h9H,2-8,11-12H2,1H3,(H,13,14). The van der Waals surface area contributed by atoms with Crippen LogP contribution >= 0.6 is 11.8 Å². The Bertz CT molecular complexity index is 165. The Balaban J connectivity index is 3.02. The van der Waals surface area contributed by atoms with E-state index in [4.69, 9.17) is 11.6 Å². The predicted octanol–water partition coefficient (Wildman–Crippen LogP) is 1.01. The summed E-state index contributed by atoms with van der Waals surface area (Å²) < 4.78 is 0. The zero-order chi connectivity index (χ0) is 11.5. The SMILES string of the molecule is CC(N)CCSCCCCCC(=O)NN. The number of nitrogens with two attached hydrogens (primary N) is 2. The molecule has 0 aromatic carbocycles. The van der Waals surface area contributed by atoms with Crippen molar-refractivity contribution >= 4 is 17.7 Å². The van der Waals surface area contributed by atoms with Crippen molar-refractivity contribution in [3.63, 3.8) is 0 Å². The Labute approximate surface area is 96.5 Å². The lowest BCUT2D eigenvalue weighted by atomic mass is 10.2. The fraction of sp³-hybridized carbons (Fsp3) is 0.900. The summed E-state index contributed by atoms with van der Waals surface area (Å²) in [5, 5.41) is 0. The Hall–Kier alpha value is -0.260. The predicted molar refractivity (Wildman–Crippen MR) is 66.4 cm³/mol. The number of nitrogens with one attached hydrogen (secondary N) is 1. The van der Waals surface area contributed by atoms with Crippen LogP contribution in [0.3, 0.4) is 0 Å². The molecule has 0 heterocycles. The van der Waals surface area contributed by atoms with Gasteiger partial charge in [-0.25, -0.2) is 5.84 Å². The number of hydrogen-bond acceptors (Lipinski definition) is 4. The molecule has 0 aliphatic rings. The zero-order valence-corrected chi connectivity index (χ0v) is 10.3. The third-order valence-corrected chi connectivity index (χ3v) is 3.17. The molecule has 0 radical (unpaired) electrons. The van der Waals surface area contributed by atoms with Crippen LogP contribution < -0.4 is 17.0 Å². The molecule has 1 unspecified atom stereocenters. The van der Waals surface area contributed by atoms with Gasteiger partial charge in [0.2, 0.25) is 5.91 Å². The molecule has 4 nitrogen and oxygen atoms in total. The first kappa shape index (κ1) is 14.7. The third-order valence-electron chi connectivity index (χ3n) is 2.07. The maximum atomic E-state index is 10.8. The van der Waals surface area contributed by atoms with Crippen molar-refractivity contribution in [2.75, 3.05) is 11.5 Å². The van der Waals surface area contributed by atoms with E-state index in [0.717, 1.165) is 30.8 Å². The lowest BCUT2D eigenvalue weighted by Crippen LogP contribution is -2.29. The van der Waals surface area contributed by atoms with E-state index in [0.29, 0.717) is 12.5 Å². The lowest BCUT2D eigenvalue weighted by molar-refractivity contribution is -0.121. The van der Waals surface area contributed by atoms with Crippen LogP contribution in [-0.2, 0) is 4.79 Å². The van der Waals surface area contributed by atoms with Gasteiger partial charge >= 0.3 is 0 Å². The smallest absolute Gasteiger partial charge is 0.233 e. The molecule has 5 N–H and O–H groups in total. The van der Waals surface area contributed by atoms with Crippen LogP contribution in [0.15, 0.2) is 0 Å². The second-order valence-corrected chi connectivity index (χ2v) is 4.98. The highest BCUT2D eigenvalue weighted by atomic mass is 32.2. The van der Waals surface area contributed by atoms with Gasteiger partial charge in [-0.15, -0.1) is 0 Å². The molecular formula is C10H23N3OS. The van der Waals surface area contributed by atoms with E-state index >= 15 is 0 Å². The molecule has 0 rings (SSSR count). The van der Waals surface area contributed by atoms with Gasteiger partial charge in [0, 0.05) is 12.5 Å². The fourth-order valence-electron chi connectivity index (χ4n) is 1.11. The molecule has 0 aromatic rings. The van der Waals surface area contributed by atoms with Gasteiger partial charge in [0.25, 0.3) is 0 Å². The van der Waals surface area contributed by atoms with Crippen molar-refractivity contribution < 1.29 is 4.79 Å². The molecule has 15 heavy (non-hydrogen) atoms. The Kier molecular flexibility index (Phi) is 10.1. The number of carbonyl (C=O) groups is 1. The summed E-state index contributed by atoms with van der Waals surface area (Å²) >= 11 is 1.94. The van der Waals surface area contributed by atoms with Gasteiger partial charge < -0.3 is 5.73 Å². The topological polar surface area (TPSA) is 81.1 Å². The van der Waals surface area contributed by atoms with Crippen LogP contribution in [-0.4, -0.2) is 23.5 Å². The Morgan fingerprint density at radius 1 is 1.33 bits per heavy atom. The highest BCUT2D eigenvalue weighted by Gasteiger charge is 1.98. The first-order valence-corrected chi connectivity index (χ1v) is 6.65. The lowest BCUT2D eigenvalue weighted by Gasteiger charge is -2.04. The minimum atomic E-state index is -0.0698. The van der Waals surface area contributed by atoms with E-state index < -0.39 is 0 Å². The molecule has 1 atom stereocenters. The summed E-state index contributed by atoms with van der Waals surface area (Å²) in [6.07, 6.45) is 4.82. The monoisotopic (exact) mass is 233 g/mol. The number of hydrogen-bond donors (Lipinski definition) is 3. The van der Waals surface area contributed by atoms with Crippen LogP contribution in [0.5, 0.6) is 0 Å². The molecule has 0 spiro atoms. The quantitative estimate of drug-likeness (QED) is 0.240. The van der Waals surface area contributed by atoms with Crippen molar-refractivity contribution in [3.8, 4) is 0 Å². The number of hydrazine groups is 1. The van der Waals surface area contributed by atoms with E-state index in [1.807, 2.05) is 18.7 Å². The summed E-state index contributed by atoms with van der Waals surface area (Å²) in [5.74, 6) is 7.20. The second-order valence-electron chi connectivity index (χ2n) is 3.76. The third kappa shape index (κ3) is 11.7. The minimum Gasteiger partial charge on any atom is -0.328 e. The van der Waals surface area contributed by atoms with Crippen LogP contribution in [0.1, 0.15) is 39.0 Å². The summed E-state index contributed by atoms with van der Waals surface area (Å²) in [6.45, 7) is 2.03. The second kappa shape index (κ2) is 10.3. The molecule has 0 saturated heterocycles. The number of unbranched alkanes of at least 4 members (excludes halogenated alkanes) is 2. The normalized spacial score (nSPS) is 12.5. The highest BCUT2D eigenvalue weighted by molar-refractivity contribution is 7.99. The maximum Gasteiger partial charge on any atom is 0.233 e.